The monoisotopic (exact) mass is 200 g/mol. The second-order valence-corrected chi connectivity index (χ2v) is 4.72. The molecule has 3 nitrogen and oxygen atoms in total. The highest BCUT2D eigenvalue weighted by molar-refractivity contribution is 5.05. The van der Waals surface area contributed by atoms with Gasteiger partial charge in [-0.05, 0) is 38.0 Å². The highest BCUT2D eigenvalue weighted by Gasteiger charge is 2.55. The molecule has 2 aliphatic rings. The van der Waals surface area contributed by atoms with Crippen LogP contribution in [0.25, 0.3) is 0 Å². The van der Waals surface area contributed by atoms with Crippen LogP contribution >= 0.6 is 0 Å². The second-order valence-electron chi connectivity index (χ2n) is 4.72. The molecule has 4 atom stereocenters. The Hall–Kier alpha value is -0.120. The quantitative estimate of drug-likeness (QED) is 0.712. The lowest BCUT2D eigenvalue weighted by Gasteiger charge is -2.33. The minimum absolute atomic E-state index is 0.0323. The van der Waals surface area contributed by atoms with Gasteiger partial charge >= 0.3 is 0 Å². The molecular formula is C11H20O3. The number of rotatable bonds is 3. The van der Waals surface area contributed by atoms with E-state index in [0.29, 0.717) is 12.0 Å². The lowest BCUT2D eigenvalue weighted by molar-refractivity contribution is -0.00798. The number of hydrogen-bond acceptors (Lipinski definition) is 3. The van der Waals surface area contributed by atoms with E-state index in [4.69, 9.17) is 9.84 Å². The second kappa shape index (κ2) is 3.80. The average molecular weight is 200 g/mol. The first kappa shape index (κ1) is 10.4. The topological polar surface area (TPSA) is 49.7 Å². The molecule has 0 bridgehead atoms. The average Bonchev–Trinajstić information content (AvgIpc) is 2.67. The van der Waals surface area contributed by atoms with Crippen LogP contribution < -0.4 is 0 Å². The Morgan fingerprint density at radius 2 is 2.14 bits per heavy atom. The van der Waals surface area contributed by atoms with Crippen molar-refractivity contribution in [3.8, 4) is 0 Å². The Kier molecular flexibility index (Phi) is 2.82. The zero-order valence-corrected chi connectivity index (χ0v) is 8.78. The number of fused-ring (bicyclic) bond motifs is 1. The summed E-state index contributed by atoms with van der Waals surface area (Å²) in [5, 5.41) is 19.1. The summed E-state index contributed by atoms with van der Waals surface area (Å²) in [4.78, 5) is 0. The zero-order chi connectivity index (χ0) is 10.2. The largest absolute Gasteiger partial charge is 0.396 e. The molecule has 2 saturated carbocycles. The van der Waals surface area contributed by atoms with E-state index in [0.717, 1.165) is 32.1 Å². The first-order valence-corrected chi connectivity index (χ1v) is 5.56. The van der Waals surface area contributed by atoms with Crippen LogP contribution in [0.5, 0.6) is 0 Å². The smallest absolute Gasteiger partial charge is 0.0606 e. The number of methoxy groups -OCH3 is 1. The van der Waals surface area contributed by atoms with Gasteiger partial charge in [0, 0.05) is 19.1 Å². The van der Waals surface area contributed by atoms with Gasteiger partial charge in [-0.25, -0.2) is 0 Å². The molecule has 0 spiro atoms. The highest BCUT2D eigenvalue weighted by Crippen LogP contribution is 2.56. The highest BCUT2D eigenvalue weighted by atomic mass is 16.5. The Morgan fingerprint density at radius 3 is 2.79 bits per heavy atom. The van der Waals surface area contributed by atoms with Crippen molar-refractivity contribution in [3.63, 3.8) is 0 Å². The summed E-state index contributed by atoms with van der Waals surface area (Å²) < 4.78 is 5.45. The van der Waals surface area contributed by atoms with Gasteiger partial charge in [-0.1, -0.05) is 0 Å². The lowest BCUT2D eigenvalue weighted by atomic mass is 9.75. The molecule has 0 amide bonds. The van der Waals surface area contributed by atoms with Gasteiger partial charge < -0.3 is 14.9 Å². The van der Waals surface area contributed by atoms with E-state index in [2.05, 4.69) is 0 Å². The first-order valence-electron chi connectivity index (χ1n) is 5.56. The number of ether oxygens (including phenoxy) is 1. The summed E-state index contributed by atoms with van der Waals surface area (Å²) in [6, 6.07) is 0. The Bertz CT molecular complexity index is 207. The lowest BCUT2D eigenvalue weighted by Crippen LogP contribution is -2.35. The van der Waals surface area contributed by atoms with Crippen molar-refractivity contribution in [1.29, 1.82) is 0 Å². The van der Waals surface area contributed by atoms with E-state index in [-0.39, 0.29) is 18.1 Å². The van der Waals surface area contributed by atoms with Gasteiger partial charge in [0.2, 0.25) is 0 Å². The molecule has 2 N–H and O–H groups in total. The fourth-order valence-corrected chi connectivity index (χ4v) is 3.65. The van der Waals surface area contributed by atoms with E-state index < -0.39 is 0 Å². The zero-order valence-electron chi connectivity index (χ0n) is 8.78. The minimum Gasteiger partial charge on any atom is -0.396 e. The minimum atomic E-state index is -0.222. The van der Waals surface area contributed by atoms with Crippen LogP contribution in [0.4, 0.5) is 0 Å². The van der Waals surface area contributed by atoms with Crippen LogP contribution in [0.3, 0.4) is 0 Å². The molecule has 82 valence electrons. The predicted octanol–water partition coefficient (Wildman–Crippen LogP) is 0.935. The van der Waals surface area contributed by atoms with E-state index in [1.165, 1.54) is 0 Å². The summed E-state index contributed by atoms with van der Waals surface area (Å²) in [6.45, 7) is 0.185. The van der Waals surface area contributed by atoms with Gasteiger partial charge in [-0.2, -0.15) is 0 Å². The summed E-state index contributed by atoms with van der Waals surface area (Å²) in [6.07, 6.45) is 4.80. The van der Waals surface area contributed by atoms with Gasteiger partial charge in [-0.3, -0.25) is 0 Å². The Morgan fingerprint density at radius 1 is 1.36 bits per heavy atom. The third-order valence-corrected chi connectivity index (χ3v) is 4.38. The molecule has 2 aliphatic carbocycles. The molecule has 0 aromatic heterocycles. The van der Waals surface area contributed by atoms with Crippen molar-refractivity contribution in [2.75, 3.05) is 13.7 Å². The molecular weight excluding hydrogens is 180 g/mol. The van der Waals surface area contributed by atoms with Gasteiger partial charge in [0.05, 0.1) is 12.2 Å². The van der Waals surface area contributed by atoms with Crippen molar-refractivity contribution in [2.45, 2.75) is 44.3 Å². The first-order chi connectivity index (χ1) is 6.74. The normalized spacial score (nSPS) is 46.9. The molecule has 0 aromatic rings. The van der Waals surface area contributed by atoms with Crippen molar-refractivity contribution < 1.29 is 14.9 Å². The fourth-order valence-electron chi connectivity index (χ4n) is 3.65. The van der Waals surface area contributed by atoms with Crippen LogP contribution in [0.1, 0.15) is 32.1 Å². The Labute approximate surface area is 85.1 Å². The standard InChI is InChI=1S/C11H20O3/c1-14-9-4-5-11(6-7-12)8(9)2-3-10(11)13/h8-10,12-13H,2-7H2,1H3/t8-,9-,10-,11-/m1/s1. The summed E-state index contributed by atoms with van der Waals surface area (Å²) in [5.41, 5.74) is -0.0323. The summed E-state index contributed by atoms with van der Waals surface area (Å²) in [5.74, 6) is 0.467. The fraction of sp³-hybridized carbons (Fsp3) is 1.00. The van der Waals surface area contributed by atoms with E-state index in [1.54, 1.807) is 7.11 Å². The Balaban J connectivity index is 2.17. The van der Waals surface area contributed by atoms with Gasteiger partial charge in [0.15, 0.2) is 0 Å². The van der Waals surface area contributed by atoms with Crippen LogP contribution in [-0.4, -0.2) is 36.1 Å². The molecule has 0 heterocycles. The number of aliphatic hydroxyl groups is 2. The third-order valence-electron chi connectivity index (χ3n) is 4.38. The van der Waals surface area contributed by atoms with Gasteiger partial charge in [-0.15, -0.1) is 0 Å². The van der Waals surface area contributed by atoms with Gasteiger partial charge in [0.25, 0.3) is 0 Å². The molecule has 0 unspecified atom stereocenters. The van der Waals surface area contributed by atoms with Crippen LogP contribution in [0, 0.1) is 11.3 Å². The molecule has 14 heavy (non-hydrogen) atoms. The van der Waals surface area contributed by atoms with Gasteiger partial charge in [0.1, 0.15) is 0 Å². The van der Waals surface area contributed by atoms with Crippen molar-refractivity contribution in [1.82, 2.24) is 0 Å². The molecule has 0 aromatic carbocycles. The maximum atomic E-state index is 10.0. The summed E-state index contributed by atoms with van der Waals surface area (Å²) >= 11 is 0. The molecule has 2 rings (SSSR count). The van der Waals surface area contributed by atoms with Crippen LogP contribution in [0.15, 0.2) is 0 Å². The maximum absolute atomic E-state index is 10.0. The van der Waals surface area contributed by atoms with Crippen LogP contribution in [-0.2, 0) is 4.74 Å². The summed E-state index contributed by atoms with van der Waals surface area (Å²) in [7, 11) is 1.75. The molecule has 2 fully saturated rings. The molecule has 0 aliphatic heterocycles. The number of aliphatic hydroxyl groups excluding tert-OH is 2. The van der Waals surface area contributed by atoms with E-state index in [9.17, 15) is 5.11 Å². The van der Waals surface area contributed by atoms with Crippen molar-refractivity contribution >= 4 is 0 Å². The van der Waals surface area contributed by atoms with Crippen molar-refractivity contribution in [3.05, 3.63) is 0 Å². The third kappa shape index (κ3) is 1.30. The molecule has 0 saturated heterocycles. The van der Waals surface area contributed by atoms with Crippen LogP contribution in [0.2, 0.25) is 0 Å². The SMILES string of the molecule is CO[C@@H]1CC[C@]2(CCO)[C@H](O)CC[C@H]12. The van der Waals surface area contributed by atoms with Crippen molar-refractivity contribution in [2.24, 2.45) is 11.3 Å². The predicted molar refractivity (Wildman–Crippen MR) is 52.9 cm³/mol. The van der Waals surface area contributed by atoms with E-state index >= 15 is 0 Å². The number of hydrogen-bond donors (Lipinski definition) is 2. The molecule has 0 radical (unpaired) electrons. The maximum Gasteiger partial charge on any atom is 0.0606 e. The van der Waals surface area contributed by atoms with E-state index in [1.807, 2.05) is 0 Å². The molecule has 3 heteroatoms.